The standard InChI is InChI=1S/C36H58NO3/c1-6-8-9-10-11-12-13-14-15-16-17-19-22-32-25-27-34(28-26-32)40-31(3)30-39-36(38)35(7-2)37(4,5)29-33-23-20-18-21-24-33/h18,20-21,23-28,31,35H,6-17,19,22,29-30H2,1-5H3/q+1. The third kappa shape index (κ3) is 13.8. The zero-order chi connectivity index (χ0) is 29.1. The van der Waals surface area contributed by atoms with Crippen LogP contribution in [-0.2, 0) is 22.5 Å². The molecule has 0 amide bonds. The van der Waals surface area contributed by atoms with E-state index in [4.69, 9.17) is 9.47 Å². The van der Waals surface area contributed by atoms with E-state index in [0.29, 0.717) is 4.48 Å². The van der Waals surface area contributed by atoms with Crippen molar-refractivity contribution in [2.45, 2.75) is 129 Å². The van der Waals surface area contributed by atoms with Crippen molar-refractivity contribution in [3.63, 3.8) is 0 Å². The molecule has 0 aliphatic carbocycles. The van der Waals surface area contributed by atoms with Gasteiger partial charge in [0.15, 0.2) is 6.04 Å². The maximum absolute atomic E-state index is 13.0. The molecule has 2 unspecified atom stereocenters. The molecule has 2 aromatic carbocycles. The number of carbonyl (C=O) groups is 1. The lowest BCUT2D eigenvalue weighted by atomic mass is 10.0. The molecule has 2 atom stereocenters. The second-order valence-electron chi connectivity index (χ2n) is 12.2. The van der Waals surface area contributed by atoms with E-state index in [1.807, 2.05) is 37.3 Å². The molecule has 0 aliphatic heterocycles. The second-order valence-corrected chi connectivity index (χ2v) is 12.2. The van der Waals surface area contributed by atoms with Crippen molar-refractivity contribution in [1.82, 2.24) is 0 Å². The Kier molecular flexibility index (Phi) is 16.7. The molecule has 0 spiro atoms. The molecule has 2 aromatic rings. The van der Waals surface area contributed by atoms with Crippen molar-refractivity contribution in [2.24, 2.45) is 0 Å². The number of hydrogen-bond acceptors (Lipinski definition) is 3. The van der Waals surface area contributed by atoms with Crippen LogP contribution in [0, 0.1) is 0 Å². The molecule has 0 radical (unpaired) electrons. The fraction of sp³-hybridized carbons (Fsp3) is 0.639. The van der Waals surface area contributed by atoms with Gasteiger partial charge in [-0.3, -0.25) is 0 Å². The molecule has 0 bridgehead atoms. The van der Waals surface area contributed by atoms with Gasteiger partial charge in [-0.1, -0.05) is 127 Å². The van der Waals surface area contributed by atoms with E-state index >= 15 is 0 Å². The third-order valence-electron chi connectivity index (χ3n) is 7.98. The summed E-state index contributed by atoms with van der Waals surface area (Å²) in [5, 5.41) is 0. The summed E-state index contributed by atoms with van der Waals surface area (Å²) in [5.74, 6) is 0.672. The molecule has 4 heteroatoms. The maximum atomic E-state index is 13.0. The largest absolute Gasteiger partial charge is 0.487 e. The molecule has 2 rings (SSSR count). The first-order chi connectivity index (χ1) is 19.4. The van der Waals surface area contributed by atoms with E-state index in [1.165, 1.54) is 88.2 Å². The summed E-state index contributed by atoms with van der Waals surface area (Å²) in [6.07, 6.45) is 18.2. The van der Waals surface area contributed by atoms with E-state index in [2.05, 4.69) is 52.2 Å². The van der Waals surface area contributed by atoms with Crippen LogP contribution in [0.5, 0.6) is 5.75 Å². The highest BCUT2D eigenvalue weighted by Gasteiger charge is 2.35. The molecule has 0 fully saturated rings. The maximum Gasteiger partial charge on any atom is 0.365 e. The normalized spacial score (nSPS) is 13.1. The first kappa shape index (κ1) is 33.9. The minimum atomic E-state index is -0.216. The van der Waals surface area contributed by atoms with Gasteiger partial charge in [-0.05, 0) is 37.5 Å². The first-order valence-electron chi connectivity index (χ1n) is 16.1. The molecular formula is C36H58NO3+. The quantitative estimate of drug-likeness (QED) is 0.0829. The van der Waals surface area contributed by atoms with Gasteiger partial charge in [0.1, 0.15) is 25.0 Å². The Morgan fingerprint density at radius 1 is 0.725 bits per heavy atom. The number of unbranched alkanes of at least 4 members (excludes halogenated alkanes) is 11. The number of quaternary nitrogens is 1. The number of likely N-dealkylation sites (N-methyl/N-ethyl adjacent to an activating group) is 1. The lowest BCUT2D eigenvalue weighted by Gasteiger charge is -2.36. The van der Waals surface area contributed by atoms with Crippen molar-refractivity contribution in [2.75, 3.05) is 20.7 Å². The predicted molar refractivity (Wildman–Crippen MR) is 169 cm³/mol. The number of nitrogens with zero attached hydrogens (tertiary/aromatic N) is 1. The SMILES string of the molecule is CCCCCCCCCCCCCCc1ccc(OC(C)COC(=O)C(CC)[N+](C)(C)Cc2ccccc2)cc1. The van der Waals surface area contributed by atoms with Crippen LogP contribution in [0.15, 0.2) is 54.6 Å². The van der Waals surface area contributed by atoms with Crippen LogP contribution in [0.4, 0.5) is 0 Å². The van der Waals surface area contributed by atoms with Gasteiger partial charge in [-0.15, -0.1) is 0 Å². The van der Waals surface area contributed by atoms with E-state index in [0.717, 1.165) is 25.1 Å². The first-order valence-corrected chi connectivity index (χ1v) is 16.1. The lowest BCUT2D eigenvalue weighted by Crippen LogP contribution is -2.52. The molecule has 224 valence electrons. The van der Waals surface area contributed by atoms with E-state index in [1.54, 1.807) is 0 Å². The van der Waals surface area contributed by atoms with Crippen molar-refractivity contribution in [1.29, 1.82) is 0 Å². The summed E-state index contributed by atoms with van der Waals surface area (Å²) in [6.45, 7) is 7.33. The molecular weight excluding hydrogens is 494 g/mol. The average molecular weight is 553 g/mol. The minimum Gasteiger partial charge on any atom is -0.487 e. The van der Waals surface area contributed by atoms with Crippen LogP contribution in [0.25, 0.3) is 0 Å². The van der Waals surface area contributed by atoms with Crippen LogP contribution in [-0.4, -0.2) is 43.3 Å². The highest BCUT2D eigenvalue weighted by Crippen LogP contribution is 2.20. The smallest absolute Gasteiger partial charge is 0.365 e. The Hall–Kier alpha value is -2.33. The summed E-state index contributed by atoms with van der Waals surface area (Å²) in [7, 11) is 4.20. The van der Waals surface area contributed by atoms with Gasteiger partial charge >= 0.3 is 5.97 Å². The van der Waals surface area contributed by atoms with Gasteiger partial charge in [0, 0.05) is 12.0 Å². The molecule has 0 saturated carbocycles. The third-order valence-corrected chi connectivity index (χ3v) is 7.98. The summed E-state index contributed by atoms with van der Waals surface area (Å²) in [4.78, 5) is 13.0. The van der Waals surface area contributed by atoms with Crippen molar-refractivity contribution >= 4 is 5.97 Å². The number of aryl methyl sites for hydroxylation is 1. The topological polar surface area (TPSA) is 35.5 Å². The fourth-order valence-electron chi connectivity index (χ4n) is 5.58. The highest BCUT2D eigenvalue weighted by molar-refractivity contribution is 5.74. The van der Waals surface area contributed by atoms with Gasteiger partial charge in [0.2, 0.25) is 0 Å². The van der Waals surface area contributed by atoms with Crippen LogP contribution in [0.2, 0.25) is 0 Å². The summed E-state index contributed by atoms with van der Waals surface area (Å²) >= 11 is 0. The van der Waals surface area contributed by atoms with E-state index in [9.17, 15) is 4.79 Å². The van der Waals surface area contributed by atoms with E-state index in [-0.39, 0.29) is 24.7 Å². The van der Waals surface area contributed by atoms with Gasteiger partial charge in [0.05, 0.1) is 14.1 Å². The summed E-state index contributed by atoms with van der Waals surface area (Å²) in [6, 6.07) is 18.5. The lowest BCUT2D eigenvalue weighted by molar-refractivity contribution is -0.919. The van der Waals surface area contributed by atoms with Crippen LogP contribution >= 0.6 is 0 Å². The second kappa shape index (κ2) is 19.7. The Morgan fingerprint density at radius 2 is 1.27 bits per heavy atom. The van der Waals surface area contributed by atoms with Gasteiger partial charge in [0.25, 0.3) is 0 Å². The van der Waals surface area contributed by atoms with Crippen LogP contribution in [0.3, 0.4) is 0 Å². The monoisotopic (exact) mass is 552 g/mol. The van der Waals surface area contributed by atoms with Crippen molar-refractivity contribution in [3.8, 4) is 5.75 Å². The van der Waals surface area contributed by atoms with Crippen LogP contribution < -0.4 is 4.74 Å². The predicted octanol–water partition coefficient (Wildman–Crippen LogP) is 9.30. The number of carbonyl (C=O) groups excluding carboxylic acids is 1. The number of hydrogen-bond donors (Lipinski definition) is 0. The Bertz CT molecular complexity index is 909. The number of rotatable bonds is 22. The van der Waals surface area contributed by atoms with Crippen LogP contribution in [0.1, 0.15) is 115 Å². The average Bonchev–Trinajstić information content (AvgIpc) is 2.94. The number of esters is 1. The Balaban J connectivity index is 1.61. The van der Waals surface area contributed by atoms with E-state index < -0.39 is 0 Å². The molecule has 0 aromatic heterocycles. The Morgan fingerprint density at radius 3 is 1.82 bits per heavy atom. The summed E-state index contributed by atoms with van der Waals surface area (Å²) < 4.78 is 12.3. The molecule has 0 saturated heterocycles. The van der Waals surface area contributed by atoms with Crippen molar-refractivity contribution < 1.29 is 18.8 Å². The molecule has 0 N–H and O–H groups in total. The molecule has 0 aliphatic rings. The zero-order valence-corrected chi connectivity index (χ0v) is 26.3. The summed E-state index contributed by atoms with van der Waals surface area (Å²) in [5.41, 5.74) is 2.58. The number of ether oxygens (including phenoxy) is 2. The fourth-order valence-corrected chi connectivity index (χ4v) is 5.58. The molecule has 40 heavy (non-hydrogen) atoms. The van der Waals surface area contributed by atoms with Gasteiger partial charge in [-0.2, -0.15) is 0 Å². The molecule has 0 heterocycles. The number of benzene rings is 2. The Labute approximate surface area is 246 Å². The van der Waals surface area contributed by atoms with Gasteiger partial charge < -0.3 is 14.0 Å². The van der Waals surface area contributed by atoms with Crippen molar-refractivity contribution in [3.05, 3.63) is 65.7 Å². The highest BCUT2D eigenvalue weighted by atomic mass is 16.6. The molecule has 4 nitrogen and oxygen atoms in total. The zero-order valence-electron chi connectivity index (χ0n) is 26.3. The minimum absolute atomic E-state index is 0.156. The van der Waals surface area contributed by atoms with Gasteiger partial charge in [-0.25, -0.2) is 4.79 Å².